The Kier molecular flexibility index (Phi) is 4.77. The number of rotatable bonds is 2. The van der Waals surface area contributed by atoms with E-state index in [2.05, 4.69) is 0 Å². The van der Waals surface area contributed by atoms with Crippen LogP contribution in [0.25, 0.3) is 11.1 Å². The molecule has 0 radical (unpaired) electrons. The summed E-state index contributed by atoms with van der Waals surface area (Å²) in [5.74, 6) is 0.811. The van der Waals surface area contributed by atoms with E-state index < -0.39 is 0 Å². The molecule has 20 heavy (non-hydrogen) atoms. The zero-order chi connectivity index (χ0) is 14.5. The molecule has 0 bridgehead atoms. The molecule has 2 N–H and O–H groups in total. The van der Waals surface area contributed by atoms with E-state index in [4.69, 9.17) is 14.9 Å². The van der Waals surface area contributed by atoms with Crippen LogP contribution >= 0.6 is 0 Å². The Bertz CT molecular complexity index is 537. The van der Waals surface area contributed by atoms with Crippen LogP contribution < -0.4 is 4.74 Å². The maximum Gasteiger partial charge on any atom is 0.128 e. The van der Waals surface area contributed by atoms with Crippen LogP contribution in [0, 0.1) is 0 Å². The van der Waals surface area contributed by atoms with Crippen molar-refractivity contribution < 1.29 is 14.9 Å². The highest BCUT2D eigenvalue weighted by Crippen LogP contribution is 2.38. The predicted octanol–water partition coefficient (Wildman–Crippen LogP) is 3.26. The molecule has 3 rings (SSSR count). The molecular formula is C17H20O3. The third-order valence-electron chi connectivity index (χ3n) is 3.25. The van der Waals surface area contributed by atoms with Crippen molar-refractivity contribution in [3.63, 3.8) is 0 Å². The number of hydrogen-bond acceptors (Lipinski definition) is 3. The molecule has 0 atom stereocenters. The predicted molar refractivity (Wildman–Crippen MR) is 79.4 cm³/mol. The van der Waals surface area contributed by atoms with Crippen LogP contribution in [0.2, 0.25) is 0 Å². The number of fused-ring (bicyclic) bond motifs is 3. The number of aliphatic hydroxyl groups is 2. The van der Waals surface area contributed by atoms with Gasteiger partial charge in [-0.3, -0.25) is 0 Å². The van der Waals surface area contributed by atoms with Crippen LogP contribution in [-0.4, -0.2) is 10.2 Å². The third kappa shape index (κ3) is 2.69. The summed E-state index contributed by atoms with van der Waals surface area (Å²) in [6.07, 6.45) is 0. The number of benzene rings is 2. The smallest absolute Gasteiger partial charge is 0.128 e. The van der Waals surface area contributed by atoms with Crippen molar-refractivity contribution in [3.8, 4) is 16.9 Å². The number of aliphatic hydroxyl groups excluding tert-OH is 2. The van der Waals surface area contributed by atoms with Gasteiger partial charge >= 0.3 is 0 Å². The molecule has 3 heteroatoms. The minimum atomic E-state index is 0.0208. The van der Waals surface area contributed by atoms with Gasteiger partial charge in [0.2, 0.25) is 0 Å². The first-order chi connectivity index (χ1) is 9.81. The molecule has 0 fully saturated rings. The summed E-state index contributed by atoms with van der Waals surface area (Å²) in [6, 6.07) is 11.7. The van der Waals surface area contributed by atoms with Crippen molar-refractivity contribution in [3.05, 3.63) is 53.1 Å². The lowest BCUT2D eigenvalue weighted by molar-refractivity contribution is 0.275. The molecule has 2 aromatic carbocycles. The Morgan fingerprint density at radius 2 is 1.50 bits per heavy atom. The van der Waals surface area contributed by atoms with Gasteiger partial charge in [0.1, 0.15) is 12.4 Å². The largest absolute Gasteiger partial charge is 0.488 e. The molecule has 1 heterocycles. The minimum Gasteiger partial charge on any atom is -0.488 e. The average Bonchev–Trinajstić information content (AvgIpc) is 2.55. The summed E-state index contributed by atoms with van der Waals surface area (Å²) in [7, 11) is 0. The van der Waals surface area contributed by atoms with E-state index >= 15 is 0 Å². The molecule has 106 valence electrons. The molecule has 3 nitrogen and oxygen atoms in total. The van der Waals surface area contributed by atoms with Gasteiger partial charge in [0.15, 0.2) is 0 Å². The fraction of sp³-hybridized carbons (Fsp3) is 0.294. The molecule has 0 amide bonds. The SMILES string of the molecule is CC.OCc1ccc2c(c1)COc1cc(CO)ccc1-2. The summed E-state index contributed by atoms with van der Waals surface area (Å²) in [6.45, 7) is 4.57. The molecule has 0 unspecified atom stereocenters. The lowest BCUT2D eigenvalue weighted by Crippen LogP contribution is -2.06. The number of ether oxygens (including phenoxy) is 1. The highest BCUT2D eigenvalue weighted by Gasteiger charge is 2.17. The van der Waals surface area contributed by atoms with Gasteiger partial charge < -0.3 is 14.9 Å². The van der Waals surface area contributed by atoms with Crippen molar-refractivity contribution >= 4 is 0 Å². The van der Waals surface area contributed by atoms with Gasteiger partial charge in [-0.2, -0.15) is 0 Å². The van der Waals surface area contributed by atoms with E-state index in [1.165, 1.54) is 0 Å². The average molecular weight is 272 g/mol. The maximum atomic E-state index is 9.13. The second kappa shape index (κ2) is 6.55. The van der Waals surface area contributed by atoms with Gasteiger partial charge in [-0.1, -0.05) is 38.1 Å². The zero-order valence-electron chi connectivity index (χ0n) is 11.9. The van der Waals surface area contributed by atoms with Crippen molar-refractivity contribution in [2.24, 2.45) is 0 Å². The van der Waals surface area contributed by atoms with E-state index in [-0.39, 0.29) is 13.2 Å². The fourth-order valence-electron chi connectivity index (χ4n) is 2.29. The van der Waals surface area contributed by atoms with Crippen LogP contribution in [0.4, 0.5) is 0 Å². The van der Waals surface area contributed by atoms with Crippen molar-refractivity contribution in [1.82, 2.24) is 0 Å². The van der Waals surface area contributed by atoms with E-state index in [0.29, 0.717) is 6.61 Å². The van der Waals surface area contributed by atoms with E-state index in [0.717, 1.165) is 33.6 Å². The quantitative estimate of drug-likeness (QED) is 0.882. The van der Waals surface area contributed by atoms with Crippen molar-refractivity contribution in [1.29, 1.82) is 0 Å². The van der Waals surface area contributed by atoms with Crippen molar-refractivity contribution in [2.45, 2.75) is 33.7 Å². The van der Waals surface area contributed by atoms with Gasteiger partial charge in [-0.05, 0) is 34.4 Å². The topological polar surface area (TPSA) is 49.7 Å². The Morgan fingerprint density at radius 1 is 0.900 bits per heavy atom. The molecule has 0 saturated carbocycles. The second-order valence-corrected chi connectivity index (χ2v) is 4.43. The van der Waals surface area contributed by atoms with E-state index in [9.17, 15) is 0 Å². The van der Waals surface area contributed by atoms with Gasteiger partial charge in [0.25, 0.3) is 0 Å². The van der Waals surface area contributed by atoms with Crippen LogP contribution in [0.5, 0.6) is 5.75 Å². The summed E-state index contributed by atoms with van der Waals surface area (Å²) in [5.41, 5.74) is 5.01. The molecule has 2 aromatic rings. The minimum absolute atomic E-state index is 0.0208. The van der Waals surface area contributed by atoms with Gasteiger partial charge in [-0.25, -0.2) is 0 Å². The molecule has 0 saturated heterocycles. The van der Waals surface area contributed by atoms with E-state index in [1.807, 2.05) is 50.2 Å². The molecule has 0 aliphatic carbocycles. The monoisotopic (exact) mass is 272 g/mol. The maximum absolute atomic E-state index is 9.13. The van der Waals surface area contributed by atoms with Gasteiger partial charge in [-0.15, -0.1) is 0 Å². The Balaban J connectivity index is 0.000000704. The summed E-state index contributed by atoms with van der Waals surface area (Å²) in [4.78, 5) is 0. The zero-order valence-corrected chi connectivity index (χ0v) is 11.9. The Labute approximate surface area is 119 Å². The lowest BCUT2D eigenvalue weighted by Gasteiger charge is -2.21. The van der Waals surface area contributed by atoms with Crippen LogP contribution in [-0.2, 0) is 19.8 Å². The number of hydrogen-bond donors (Lipinski definition) is 2. The fourth-order valence-corrected chi connectivity index (χ4v) is 2.29. The van der Waals surface area contributed by atoms with Crippen molar-refractivity contribution in [2.75, 3.05) is 0 Å². The molecular weight excluding hydrogens is 252 g/mol. The summed E-state index contributed by atoms with van der Waals surface area (Å²) < 4.78 is 5.70. The van der Waals surface area contributed by atoms with Crippen LogP contribution in [0.1, 0.15) is 30.5 Å². The molecule has 0 aromatic heterocycles. The lowest BCUT2D eigenvalue weighted by atomic mass is 9.94. The molecule has 1 aliphatic heterocycles. The van der Waals surface area contributed by atoms with Crippen LogP contribution in [0.3, 0.4) is 0 Å². The highest BCUT2D eigenvalue weighted by molar-refractivity contribution is 5.75. The standard InChI is InChI=1S/C15H14O3.C2H6/c16-7-10-1-3-13-12(5-10)9-18-15-6-11(8-17)2-4-14(13)15;1-2/h1-6,16-17H,7-9H2;1-2H3. The highest BCUT2D eigenvalue weighted by atomic mass is 16.5. The first kappa shape index (κ1) is 14.6. The first-order valence-electron chi connectivity index (χ1n) is 6.91. The second-order valence-electron chi connectivity index (χ2n) is 4.43. The summed E-state index contributed by atoms with van der Waals surface area (Å²) >= 11 is 0. The third-order valence-corrected chi connectivity index (χ3v) is 3.25. The van der Waals surface area contributed by atoms with Gasteiger partial charge in [0, 0.05) is 5.56 Å². The Morgan fingerprint density at radius 3 is 2.15 bits per heavy atom. The molecule has 0 spiro atoms. The molecule has 1 aliphatic rings. The first-order valence-corrected chi connectivity index (χ1v) is 6.91. The normalized spacial score (nSPS) is 11.6. The van der Waals surface area contributed by atoms with Crippen LogP contribution in [0.15, 0.2) is 36.4 Å². The Hall–Kier alpha value is -1.84. The summed E-state index contributed by atoms with van der Waals surface area (Å²) in [5, 5.41) is 18.3. The van der Waals surface area contributed by atoms with Gasteiger partial charge in [0.05, 0.1) is 13.2 Å². The van der Waals surface area contributed by atoms with E-state index in [1.54, 1.807) is 0 Å².